The van der Waals surface area contributed by atoms with Gasteiger partial charge in [-0.1, -0.05) is 52.7 Å². The lowest BCUT2D eigenvalue weighted by Crippen LogP contribution is -2.58. The predicted octanol–water partition coefficient (Wildman–Crippen LogP) is 5.01. The molecule has 3 aliphatic rings. The minimum Gasteiger partial charge on any atom is -0.454 e. The average Bonchev–Trinajstić information content (AvgIpc) is 2.73. The Hall–Kier alpha value is -0.950. The summed E-state index contributed by atoms with van der Waals surface area (Å²) in [6.45, 7) is 17.6. The Morgan fingerprint density at radius 1 is 1.21 bits per heavy atom. The Kier molecular flexibility index (Phi) is 8.92. The lowest BCUT2D eigenvalue weighted by atomic mass is 9.47. The van der Waals surface area contributed by atoms with E-state index in [-0.39, 0.29) is 0 Å². The average molecular weight is 481 g/mol. The molecule has 1 unspecified atom stereocenters. The third-order valence-corrected chi connectivity index (χ3v) is 9.25. The summed E-state index contributed by atoms with van der Waals surface area (Å²) in [6, 6.07) is 0. The molecular weight excluding hydrogens is 432 g/mol. The van der Waals surface area contributed by atoms with Gasteiger partial charge in [-0.2, -0.15) is 0 Å². The molecule has 0 bridgehead atoms. The summed E-state index contributed by atoms with van der Waals surface area (Å²) in [5.41, 5.74) is 2.22. The molecule has 2 aliphatic carbocycles. The van der Waals surface area contributed by atoms with Crippen LogP contribution in [0.2, 0.25) is 0 Å². The Bertz CT molecular complexity index is 720. The van der Waals surface area contributed by atoms with Crippen LogP contribution in [0.25, 0.3) is 0 Å². The Morgan fingerprint density at radius 3 is 2.59 bits per heavy atom. The first-order chi connectivity index (χ1) is 15.9. The van der Waals surface area contributed by atoms with Gasteiger partial charge in [0, 0.05) is 6.92 Å². The number of esters is 1. The molecule has 6 nitrogen and oxygen atoms in total. The maximum absolute atomic E-state index is 11.5. The van der Waals surface area contributed by atoms with Crippen molar-refractivity contribution in [2.24, 2.45) is 28.6 Å². The first-order valence-electron chi connectivity index (χ1n) is 13.3. The number of hydrogen-bond acceptors (Lipinski definition) is 6. The van der Waals surface area contributed by atoms with Gasteiger partial charge in [0.2, 0.25) is 0 Å². The molecule has 1 saturated heterocycles. The van der Waals surface area contributed by atoms with E-state index in [2.05, 4.69) is 34.3 Å². The van der Waals surface area contributed by atoms with Gasteiger partial charge in [-0.05, 0) is 74.0 Å². The Morgan fingerprint density at radius 2 is 1.91 bits per heavy atom. The van der Waals surface area contributed by atoms with Gasteiger partial charge in [0.25, 0.3) is 0 Å². The largest absolute Gasteiger partial charge is 0.454 e. The van der Waals surface area contributed by atoms with Gasteiger partial charge < -0.3 is 24.4 Å². The minimum atomic E-state index is -1.24. The molecule has 0 aromatic carbocycles. The normalized spacial score (nSPS) is 40.9. The van der Waals surface area contributed by atoms with E-state index >= 15 is 0 Å². The zero-order valence-corrected chi connectivity index (χ0v) is 22.2. The molecule has 0 amide bonds. The molecule has 0 aromatic heterocycles. The van der Waals surface area contributed by atoms with Crippen molar-refractivity contribution in [3.63, 3.8) is 0 Å². The molecule has 0 spiro atoms. The molecule has 0 radical (unpaired) electrons. The van der Waals surface area contributed by atoms with Gasteiger partial charge in [0.1, 0.15) is 12.2 Å². The molecule has 34 heavy (non-hydrogen) atoms. The van der Waals surface area contributed by atoms with E-state index < -0.39 is 36.7 Å². The fourth-order valence-electron chi connectivity index (χ4n) is 7.24. The maximum atomic E-state index is 11.5. The fourth-order valence-corrected chi connectivity index (χ4v) is 7.24. The number of allylic oxidation sites excluding steroid dienone is 1. The van der Waals surface area contributed by atoms with Crippen LogP contribution in [-0.2, 0) is 19.0 Å². The Labute approximate surface area is 206 Å². The van der Waals surface area contributed by atoms with Gasteiger partial charge in [-0.15, -0.1) is 0 Å². The predicted molar refractivity (Wildman–Crippen MR) is 132 cm³/mol. The molecule has 6 heteroatoms. The van der Waals surface area contributed by atoms with Crippen molar-refractivity contribution in [2.75, 3.05) is 6.61 Å². The summed E-state index contributed by atoms with van der Waals surface area (Å²) < 4.78 is 16.8. The SMILES string of the molecule is C=C1CCC2C(C)(C)CCC[C@@]2(C)[C@@H]1CC[C@H](C)CCO[C@@H]1O[C@@H](C)[C@H](O)[C@@H](O)[C@H]1OC(C)=O. The number of fused-ring (bicyclic) bond motifs is 1. The molecule has 3 fully saturated rings. The standard InChI is InChI=1S/C28H48O6/c1-17(13-16-32-26-25(34-20(4)29)24(31)23(30)19(3)33-26)9-11-21-18(2)10-12-22-27(5,6)14-8-15-28(21,22)7/h17,19,21-26,30-31H,2,8-16H2,1,3-7H3/t17-,19-,21+,22?,23-,24+,25+,26+,28-/m0/s1. The molecule has 2 saturated carbocycles. The lowest BCUT2D eigenvalue weighted by Gasteiger charge is -2.58. The molecule has 2 N–H and O–H groups in total. The highest BCUT2D eigenvalue weighted by Crippen LogP contribution is 2.61. The number of hydrogen-bond donors (Lipinski definition) is 2. The van der Waals surface area contributed by atoms with E-state index in [1.807, 2.05) is 0 Å². The highest BCUT2D eigenvalue weighted by molar-refractivity contribution is 5.66. The molecule has 1 heterocycles. The zero-order valence-electron chi connectivity index (χ0n) is 22.2. The van der Waals surface area contributed by atoms with Crippen LogP contribution < -0.4 is 0 Å². The highest BCUT2D eigenvalue weighted by Gasteiger charge is 2.52. The second-order valence-electron chi connectivity index (χ2n) is 12.3. The van der Waals surface area contributed by atoms with Gasteiger partial charge in [-0.25, -0.2) is 0 Å². The highest BCUT2D eigenvalue weighted by atomic mass is 16.7. The van der Waals surface area contributed by atoms with Crippen molar-refractivity contribution in [1.29, 1.82) is 0 Å². The number of ether oxygens (including phenoxy) is 3. The summed E-state index contributed by atoms with van der Waals surface area (Å²) >= 11 is 0. The van der Waals surface area contributed by atoms with E-state index in [1.165, 1.54) is 44.6 Å². The third-order valence-electron chi connectivity index (χ3n) is 9.25. The number of aliphatic hydroxyl groups excluding tert-OH is 2. The molecule has 3 rings (SSSR count). The molecule has 9 atom stereocenters. The maximum Gasteiger partial charge on any atom is 0.303 e. The summed E-state index contributed by atoms with van der Waals surface area (Å²) in [4.78, 5) is 11.5. The van der Waals surface area contributed by atoms with Crippen LogP contribution in [0, 0.1) is 28.6 Å². The van der Waals surface area contributed by atoms with E-state index in [4.69, 9.17) is 14.2 Å². The number of rotatable bonds is 8. The molecule has 1 aliphatic heterocycles. The summed E-state index contributed by atoms with van der Waals surface area (Å²) in [6.07, 6.45) is 4.67. The van der Waals surface area contributed by atoms with Gasteiger partial charge in [0.15, 0.2) is 12.4 Å². The van der Waals surface area contributed by atoms with E-state index in [0.29, 0.717) is 29.3 Å². The number of aliphatic hydroxyl groups is 2. The van der Waals surface area contributed by atoms with Gasteiger partial charge in [-0.3, -0.25) is 4.79 Å². The fraction of sp³-hybridized carbons (Fsp3) is 0.893. The quantitative estimate of drug-likeness (QED) is 0.375. The lowest BCUT2D eigenvalue weighted by molar-refractivity contribution is -0.297. The smallest absolute Gasteiger partial charge is 0.303 e. The van der Waals surface area contributed by atoms with Gasteiger partial charge in [0.05, 0.1) is 12.7 Å². The monoisotopic (exact) mass is 480 g/mol. The van der Waals surface area contributed by atoms with E-state index in [1.54, 1.807) is 6.92 Å². The summed E-state index contributed by atoms with van der Waals surface area (Å²) in [5, 5.41) is 20.4. The topological polar surface area (TPSA) is 85.2 Å². The van der Waals surface area contributed by atoms with Crippen molar-refractivity contribution in [1.82, 2.24) is 0 Å². The van der Waals surface area contributed by atoms with E-state index in [9.17, 15) is 15.0 Å². The summed E-state index contributed by atoms with van der Waals surface area (Å²) in [7, 11) is 0. The van der Waals surface area contributed by atoms with Gasteiger partial charge >= 0.3 is 5.97 Å². The van der Waals surface area contributed by atoms with Crippen molar-refractivity contribution in [2.45, 2.75) is 124 Å². The second-order valence-corrected chi connectivity index (χ2v) is 12.3. The number of carbonyl (C=O) groups excluding carboxylic acids is 1. The Balaban J connectivity index is 1.52. The molecular formula is C28H48O6. The van der Waals surface area contributed by atoms with Crippen molar-refractivity contribution < 1.29 is 29.2 Å². The van der Waals surface area contributed by atoms with Crippen molar-refractivity contribution in [3.8, 4) is 0 Å². The van der Waals surface area contributed by atoms with Crippen LogP contribution in [0.15, 0.2) is 12.2 Å². The van der Waals surface area contributed by atoms with Crippen LogP contribution in [0.5, 0.6) is 0 Å². The first-order valence-corrected chi connectivity index (χ1v) is 13.3. The minimum absolute atomic E-state index is 0.355. The molecule has 0 aromatic rings. The van der Waals surface area contributed by atoms with Crippen LogP contribution in [0.3, 0.4) is 0 Å². The number of carbonyl (C=O) groups is 1. The van der Waals surface area contributed by atoms with Crippen molar-refractivity contribution in [3.05, 3.63) is 12.2 Å². The molecule has 196 valence electrons. The van der Waals surface area contributed by atoms with Crippen molar-refractivity contribution >= 4 is 5.97 Å². The van der Waals surface area contributed by atoms with Crippen LogP contribution >= 0.6 is 0 Å². The van der Waals surface area contributed by atoms with Crippen LogP contribution in [0.4, 0.5) is 0 Å². The van der Waals surface area contributed by atoms with Crippen LogP contribution in [-0.4, -0.2) is 53.5 Å². The first kappa shape index (κ1) is 27.6. The second kappa shape index (κ2) is 11.0. The van der Waals surface area contributed by atoms with E-state index in [0.717, 1.165) is 25.2 Å². The zero-order chi connectivity index (χ0) is 25.3. The third kappa shape index (κ3) is 5.88. The summed E-state index contributed by atoms with van der Waals surface area (Å²) in [5.74, 6) is 1.29. The van der Waals surface area contributed by atoms with Crippen LogP contribution in [0.1, 0.15) is 92.9 Å².